The number of hydrogen-bond acceptors (Lipinski definition) is 6. The van der Waals surface area contributed by atoms with Gasteiger partial charge in [0.15, 0.2) is 5.60 Å². The molecule has 2 heterocycles. The number of anilines is 1. The van der Waals surface area contributed by atoms with Gasteiger partial charge in [-0.05, 0) is 25.1 Å². The molecule has 0 bridgehead atoms. The maximum absolute atomic E-state index is 14.2. The number of ether oxygens (including phenoxy) is 2. The molecule has 1 saturated carbocycles. The Bertz CT molecular complexity index is 1260. The Hall–Kier alpha value is -3.39. The third-order valence-corrected chi connectivity index (χ3v) is 7.27. The summed E-state index contributed by atoms with van der Waals surface area (Å²) in [5.41, 5.74) is 0.478. The molecule has 1 aromatic carbocycles. The number of rotatable bonds is 6. The van der Waals surface area contributed by atoms with Crippen LogP contribution in [-0.4, -0.2) is 52.0 Å². The highest BCUT2D eigenvalue weighted by Crippen LogP contribution is 2.56. The molecule has 0 radical (unpaired) electrons. The molecule has 4 rings (SSSR count). The van der Waals surface area contributed by atoms with Crippen LogP contribution in [0.15, 0.2) is 36.5 Å². The second-order valence-corrected chi connectivity index (χ2v) is 9.83. The van der Waals surface area contributed by atoms with Gasteiger partial charge >= 0.3 is 12.4 Å². The van der Waals surface area contributed by atoms with Crippen LogP contribution in [-0.2, 0) is 15.7 Å². The van der Waals surface area contributed by atoms with Crippen molar-refractivity contribution in [3.63, 3.8) is 0 Å². The summed E-state index contributed by atoms with van der Waals surface area (Å²) in [6, 6.07) is 5.27. The van der Waals surface area contributed by atoms with Crippen molar-refractivity contribution in [3.05, 3.63) is 53.3 Å². The molecule has 4 N–H and O–H groups in total. The Morgan fingerprint density at radius 1 is 1.18 bits per heavy atom. The number of para-hydroxylation sites is 1. The first-order chi connectivity index (χ1) is 18.0. The molecular formula is C25H25F6N3O5. The molecule has 1 aliphatic heterocycles. The van der Waals surface area contributed by atoms with Crippen LogP contribution >= 0.6 is 0 Å². The van der Waals surface area contributed by atoms with E-state index in [0.717, 1.165) is 38.2 Å². The van der Waals surface area contributed by atoms with Gasteiger partial charge in [-0.3, -0.25) is 14.6 Å². The number of aromatic nitrogens is 1. The summed E-state index contributed by atoms with van der Waals surface area (Å²) >= 11 is 0. The number of benzene rings is 1. The number of hydrogen-bond donors (Lipinski definition) is 3. The number of pyridine rings is 1. The van der Waals surface area contributed by atoms with Gasteiger partial charge < -0.3 is 25.6 Å². The Morgan fingerprint density at radius 2 is 1.85 bits per heavy atom. The summed E-state index contributed by atoms with van der Waals surface area (Å²) in [7, 11) is 0. The van der Waals surface area contributed by atoms with Gasteiger partial charge in [0.1, 0.15) is 23.7 Å². The van der Waals surface area contributed by atoms with Crippen LogP contribution < -0.4 is 15.8 Å². The molecule has 212 valence electrons. The summed E-state index contributed by atoms with van der Waals surface area (Å²) in [6.45, 7) is 1.87. The Kier molecular flexibility index (Phi) is 7.32. The SMILES string of the molecule is C[C@H]1[C@@H](c2cccc(C(F)(F)F)c2OC2CC(O)C2)[C@H](C(=O)Nc2ccnc(C(N)=O)c2)O[C@@]1(C)C(F)(F)F. The Labute approximate surface area is 218 Å². The van der Waals surface area contributed by atoms with Crippen molar-refractivity contribution in [3.8, 4) is 5.75 Å². The molecule has 2 aromatic rings. The number of nitrogens with zero attached hydrogens (tertiary/aromatic N) is 1. The average molecular weight is 561 g/mol. The fourth-order valence-corrected chi connectivity index (χ4v) is 4.85. The van der Waals surface area contributed by atoms with Crippen molar-refractivity contribution in [1.82, 2.24) is 4.98 Å². The highest BCUT2D eigenvalue weighted by Gasteiger charge is 2.66. The maximum Gasteiger partial charge on any atom is 0.419 e. The number of amides is 2. The summed E-state index contributed by atoms with van der Waals surface area (Å²) in [6.07, 6.45) is -12.2. The zero-order valence-electron chi connectivity index (χ0n) is 20.6. The number of primary amides is 1. The summed E-state index contributed by atoms with van der Waals surface area (Å²) in [5, 5.41) is 11.9. The van der Waals surface area contributed by atoms with Crippen LogP contribution in [0.4, 0.5) is 32.0 Å². The first kappa shape index (κ1) is 28.6. The lowest BCUT2D eigenvalue weighted by Gasteiger charge is -2.35. The predicted octanol–water partition coefficient (Wildman–Crippen LogP) is 4.18. The molecule has 2 aliphatic rings. The first-order valence-electron chi connectivity index (χ1n) is 11.9. The van der Waals surface area contributed by atoms with Crippen molar-refractivity contribution in [2.45, 2.75) is 68.9 Å². The smallest absolute Gasteiger partial charge is 0.419 e. The highest BCUT2D eigenvalue weighted by molar-refractivity contribution is 5.97. The minimum absolute atomic E-state index is 0.0385. The van der Waals surface area contributed by atoms with E-state index >= 15 is 0 Å². The monoisotopic (exact) mass is 561 g/mol. The van der Waals surface area contributed by atoms with Gasteiger partial charge in [0.05, 0.1) is 11.7 Å². The van der Waals surface area contributed by atoms with Crippen molar-refractivity contribution in [2.75, 3.05) is 5.32 Å². The number of halogens is 6. The number of aliphatic hydroxyl groups is 1. The van der Waals surface area contributed by atoms with Crippen LogP contribution in [0, 0.1) is 5.92 Å². The highest BCUT2D eigenvalue weighted by atomic mass is 19.4. The van der Waals surface area contributed by atoms with E-state index in [0.29, 0.717) is 0 Å². The lowest BCUT2D eigenvalue weighted by atomic mass is 9.76. The Balaban J connectivity index is 1.80. The van der Waals surface area contributed by atoms with Crippen molar-refractivity contribution >= 4 is 17.5 Å². The molecule has 4 atom stereocenters. The van der Waals surface area contributed by atoms with E-state index in [9.17, 15) is 41.0 Å². The zero-order chi connectivity index (χ0) is 28.9. The van der Waals surface area contributed by atoms with Gasteiger partial charge in [0, 0.05) is 42.1 Å². The maximum atomic E-state index is 14.2. The molecule has 2 amide bonds. The molecule has 8 nitrogen and oxygen atoms in total. The summed E-state index contributed by atoms with van der Waals surface area (Å²) in [5.74, 6) is -5.80. The number of alkyl halides is 6. The number of aliphatic hydroxyl groups excluding tert-OH is 1. The van der Waals surface area contributed by atoms with Gasteiger partial charge in [0.2, 0.25) is 0 Å². The lowest BCUT2D eigenvalue weighted by Crippen LogP contribution is -2.47. The van der Waals surface area contributed by atoms with E-state index in [1.165, 1.54) is 12.1 Å². The average Bonchev–Trinajstić information content (AvgIpc) is 3.09. The van der Waals surface area contributed by atoms with Gasteiger partial charge in [-0.1, -0.05) is 19.1 Å². The molecule has 0 spiro atoms. The lowest BCUT2D eigenvalue weighted by molar-refractivity contribution is -0.272. The second-order valence-electron chi connectivity index (χ2n) is 9.83. The minimum Gasteiger partial charge on any atom is -0.489 e. The van der Waals surface area contributed by atoms with Crippen molar-refractivity contribution in [1.29, 1.82) is 0 Å². The van der Waals surface area contributed by atoms with E-state index in [1.807, 2.05) is 0 Å². The quantitative estimate of drug-likeness (QED) is 0.455. The molecule has 0 unspecified atom stereocenters. The molecule has 1 saturated heterocycles. The number of carbonyl (C=O) groups excluding carboxylic acids is 2. The standard InChI is InChI=1S/C25H25F6N3O5/c1-11-18(15-4-3-5-16(24(26,27)28)19(15)38-14-9-13(35)10-14)20(39-23(11,2)25(29,30)31)22(37)34-12-6-7-33-17(8-12)21(32)36/h3-8,11,13-14,18,20,35H,9-10H2,1-2H3,(H2,32,36)(H,33,34,37)/t11-,13?,14?,18-,20+,23+/m0/s1. The van der Waals surface area contributed by atoms with Crippen molar-refractivity contribution in [2.24, 2.45) is 11.7 Å². The minimum atomic E-state index is -4.99. The predicted molar refractivity (Wildman–Crippen MR) is 124 cm³/mol. The molecule has 2 fully saturated rings. The summed E-state index contributed by atoms with van der Waals surface area (Å²) in [4.78, 5) is 28.5. The number of carbonyl (C=O) groups is 2. The third-order valence-electron chi connectivity index (χ3n) is 7.27. The van der Waals surface area contributed by atoms with Gasteiger partial charge in [-0.15, -0.1) is 0 Å². The second kappa shape index (κ2) is 9.97. The van der Waals surface area contributed by atoms with E-state index in [2.05, 4.69) is 10.3 Å². The fraction of sp³-hybridized carbons (Fsp3) is 0.480. The van der Waals surface area contributed by atoms with E-state index < -0.39 is 71.2 Å². The van der Waals surface area contributed by atoms with Crippen LogP contribution in [0.1, 0.15) is 54.2 Å². The summed E-state index contributed by atoms with van der Waals surface area (Å²) < 4.78 is 95.5. The van der Waals surface area contributed by atoms with Gasteiger partial charge in [-0.25, -0.2) is 0 Å². The van der Waals surface area contributed by atoms with Crippen LogP contribution in [0.3, 0.4) is 0 Å². The van der Waals surface area contributed by atoms with Crippen LogP contribution in [0.5, 0.6) is 5.75 Å². The van der Waals surface area contributed by atoms with Crippen LogP contribution in [0.25, 0.3) is 0 Å². The van der Waals surface area contributed by atoms with Gasteiger partial charge in [-0.2, -0.15) is 26.3 Å². The van der Waals surface area contributed by atoms with E-state index in [-0.39, 0.29) is 29.8 Å². The largest absolute Gasteiger partial charge is 0.489 e. The number of nitrogens with two attached hydrogens (primary N) is 1. The topological polar surface area (TPSA) is 124 Å². The molecule has 39 heavy (non-hydrogen) atoms. The number of nitrogens with one attached hydrogen (secondary N) is 1. The van der Waals surface area contributed by atoms with Gasteiger partial charge in [0.25, 0.3) is 11.8 Å². The molecule has 1 aliphatic carbocycles. The molecular weight excluding hydrogens is 536 g/mol. The van der Waals surface area contributed by atoms with E-state index in [1.54, 1.807) is 0 Å². The first-order valence-corrected chi connectivity index (χ1v) is 11.9. The third kappa shape index (κ3) is 5.39. The Morgan fingerprint density at radius 3 is 2.41 bits per heavy atom. The molecule has 14 heteroatoms. The zero-order valence-corrected chi connectivity index (χ0v) is 20.6. The van der Waals surface area contributed by atoms with E-state index in [4.69, 9.17) is 15.2 Å². The fourth-order valence-electron chi connectivity index (χ4n) is 4.85. The van der Waals surface area contributed by atoms with Crippen LogP contribution in [0.2, 0.25) is 0 Å². The normalized spacial score (nSPS) is 29.0. The molecule has 1 aromatic heterocycles. The van der Waals surface area contributed by atoms with Crippen molar-refractivity contribution < 1.29 is 50.5 Å².